The van der Waals surface area contributed by atoms with Crippen LogP contribution in [-0.4, -0.2) is 21.1 Å². The molecule has 2 heterocycles. The Morgan fingerprint density at radius 2 is 2.28 bits per heavy atom. The minimum Gasteiger partial charge on any atom is -0.353 e. The maximum absolute atomic E-state index is 4.47. The highest BCUT2D eigenvalue weighted by Gasteiger charge is 2.21. The number of hydrogen-bond donors (Lipinski definition) is 1. The van der Waals surface area contributed by atoms with Crippen LogP contribution in [0.4, 0.5) is 5.95 Å². The maximum atomic E-state index is 4.47. The topological polar surface area (TPSA) is 42.2 Å². The van der Waals surface area contributed by atoms with Gasteiger partial charge in [-0.15, -0.1) is 5.10 Å². The summed E-state index contributed by atoms with van der Waals surface area (Å²) in [6, 6.07) is 4.07. The molecule has 1 aliphatic carbocycles. The van der Waals surface area contributed by atoms with Gasteiger partial charge in [0.05, 0.1) is 0 Å². The summed E-state index contributed by atoms with van der Waals surface area (Å²) in [5.74, 6) is 2.42. The third-order valence-electron chi connectivity index (χ3n) is 3.83. The van der Waals surface area contributed by atoms with Crippen molar-refractivity contribution in [1.82, 2.24) is 14.6 Å². The molecule has 0 saturated heterocycles. The van der Waals surface area contributed by atoms with Gasteiger partial charge in [0.15, 0.2) is 5.65 Å². The molecule has 3 rings (SSSR count). The lowest BCUT2D eigenvalue weighted by atomic mass is 10.1. The second kappa shape index (κ2) is 4.59. The van der Waals surface area contributed by atoms with Crippen LogP contribution in [0.3, 0.4) is 0 Å². The van der Waals surface area contributed by atoms with Crippen LogP contribution in [-0.2, 0) is 0 Å². The van der Waals surface area contributed by atoms with Crippen molar-refractivity contribution in [1.29, 1.82) is 0 Å². The maximum Gasteiger partial charge on any atom is 0.243 e. The Hall–Kier alpha value is -1.58. The molecule has 2 aromatic rings. The van der Waals surface area contributed by atoms with Gasteiger partial charge in [0, 0.05) is 12.7 Å². The van der Waals surface area contributed by atoms with E-state index in [1.54, 1.807) is 0 Å². The average molecular weight is 244 g/mol. The van der Waals surface area contributed by atoms with Crippen LogP contribution in [0.25, 0.3) is 5.65 Å². The summed E-state index contributed by atoms with van der Waals surface area (Å²) >= 11 is 0. The largest absolute Gasteiger partial charge is 0.353 e. The van der Waals surface area contributed by atoms with E-state index in [0.29, 0.717) is 0 Å². The van der Waals surface area contributed by atoms with Gasteiger partial charge in [-0.2, -0.15) is 4.98 Å². The van der Waals surface area contributed by atoms with Crippen LogP contribution < -0.4 is 5.32 Å². The van der Waals surface area contributed by atoms with Gasteiger partial charge in [-0.3, -0.25) is 0 Å². The van der Waals surface area contributed by atoms with Crippen molar-refractivity contribution in [2.24, 2.45) is 11.8 Å². The number of nitrogens with zero attached hydrogens (tertiary/aromatic N) is 3. The molecule has 0 spiro atoms. The number of aromatic nitrogens is 3. The van der Waals surface area contributed by atoms with Crippen LogP contribution >= 0.6 is 0 Å². The highest BCUT2D eigenvalue weighted by Crippen LogP contribution is 2.30. The van der Waals surface area contributed by atoms with Crippen molar-refractivity contribution in [2.75, 3.05) is 11.9 Å². The zero-order chi connectivity index (χ0) is 12.5. The number of nitrogens with one attached hydrogen (secondary N) is 1. The summed E-state index contributed by atoms with van der Waals surface area (Å²) in [4.78, 5) is 4.47. The monoisotopic (exact) mass is 244 g/mol. The molecule has 4 nitrogen and oxygen atoms in total. The van der Waals surface area contributed by atoms with Crippen LogP contribution in [0.2, 0.25) is 0 Å². The molecular formula is C14H20N4. The number of aryl methyl sites for hydroxylation is 1. The molecule has 2 aromatic heterocycles. The lowest BCUT2D eigenvalue weighted by Crippen LogP contribution is -2.12. The molecule has 18 heavy (non-hydrogen) atoms. The van der Waals surface area contributed by atoms with E-state index in [1.165, 1.54) is 24.8 Å². The first-order chi connectivity index (χ1) is 8.70. The summed E-state index contributed by atoms with van der Waals surface area (Å²) < 4.78 is 1.84. The molecule has 0 bridgehead atoms. The lowest BCUT2D eigenvalue weighted by Gasteiger charge is -2.08. The molecule has 2 atom stereocenters. The van der Waals surface area contributed by atoms with Gasteiger partial charge in [0.2, 0.25) is 5.95 Å². The zero-order valence-electron chi connectivity index (χ0n) is 11.1. The van der Waals surface area contributed by atoms with E-state index in [4.69, 9.17) is 0 Å². The fraction of sp³-hybridized carbons (Fsp3) is 0.571. The van der Waals surface area contributed by atoms with E-state index >= 15 is 0 Å². The van der Waals surface area contributed by atoms with Crippen molar-refractivity contribution in [3.05, 3.63) is 23.9 Å². The summed E-state index contributed by atoms with van der Waals surface area (Å²) in [6.07, 6.45) is 6.04. The van der Waals surface area contributed by atoms with Gasteiger partial charge in [-0.05, 0) is 43.2 Å². The van der Waals surface area contributed by atoms with Crippen molar-refractivity contribution >= 4 is 11.6 Å². The predicted molar refractivity (Wildman–Crippen MR) is 72.7 cm³/mol. The van der Waals surface area contributed by atoms with Crippen molar-refractivity contribution < 1.29 is 0 Å². The minimum atomic E-state index is 0.750. The van der Waals surface area contributed by atoms with Crippen molar-refractivity contribution in [3.63, 3.8) is 0 Å². The van der Waals surface area contributed by atoms with Gasteiger partial charge in [-0.25, -0.2) is 4.52 Å². The summed E-state index contributed by atoms with van der Waals surface area (Å²) in [5.41, 5.74) is 2.10. The van der Waals surface area contributed by atoms with Crippen LogP contribution in [0.5, 0.6) is 0 Å². The second-order valence-electron chi connectivity index (χ2n) is 5.61. The normalized spacial score (nSPS) is 23.7. The molecule has 2 unspecified atom stereocenters. The first kappa shape index (κ1) is 11.5. The number of pyridine rings is 1. The average Bonchev–Trinajstić information content (AvgIpc) is 2.92. The quantitative estimate of drug-likeness (QED) is 0.902. The summed E-state index contributed by atoms with van der Waals surface area (Å²) in [5, 5.41) is 7.82. The minimum absolute atomic E-state index is 0.750. The fourth-order valence-corrected chi connectivity index (χ4v) is 2.81. The van der Waals surface area contributed by atoms with Gasteiger partial charge in [0.1, 0.15) is 0 Å². The van der Waals surface area contributed by atoms with Gasteiger partial charge in [-0.1, -0.05) is 19.4 Å². The first-order valence-corrected chi connectivity index (χ1v) is 6.77. The van der Waals surface area contributed by atoms with E-state index in [0.717, 1.165) is 30.0 Å². The number of anilines is 1. The highest BCUT2D eigenvalue weighted by atomic mass is 15.3. The van der Waals surface area contributed by atoms with Gasteiger partial charge in [0.25, 0.3) is 0 Å². The Balaban J connectivity index is 1.67. The number of fused-ring (bicyclic) bond motifs is 1. The molecule has 1 fully saturated rings. The first-order valence-electron chi connectivity index (χ1n) is 6.77. The SMILES string of the molecule is Cc1ccc2nc(NCC3CCC(C)C3)nn2c1. The van der Waals surface area contributed by atoms with Crippen molar-refractivity contribution in [3.8, 4) is 0 Å². The van der Waals surface area contributed by atoms with Gasteiger partial charge >= 0.3 is 0 Å². The number of rotatable bonds is 3. The molecular weight excluding hydrogens is 224 g/mol. The molecule has 0 radical (unpaired) electrons. The molecule has 1 aliphatic rings. The standard InChI is InChI=1S/C14H20N4/c1-10-3-5-12(7-10)8-15-14-16-13-6-4-11(2)9-18(13)17-14/h4,6,9-10,12H,3,5,7-8H2,1-2H3,(H,15,17). The fourth-order valence-electron chi connectivity index (χ4n) is 2.81. The summed E-state index contributed by atoms with van der Waals surface area (Å²) in [6.45, 7) is 5.40. The summed E-state index contributed by atoms with van der Waals surface area (Å²) in [7, 11) is 0. The van der Waals surface area contributed by atoms with E-state index < -0.39 is 0 Å². The number of hydrogen-bond acceptors (Lipinski definition) is 3. The van der Waals surface area contributed by atoms with Gasteiger partial charge < -0.3 is 5.32 Å². The predicted octanol–water partition coefficient (Wildman–Crippen LogP) is 2.89. The molecule has 1 N–H and O–H groups in total. The van der Waals surface area contributed by atoms with Crippen LogP contribution in [0.15, 0.2) is 18.3 Å². The van der Waals surface area contributed by atoms with E-state index in [9.17, 15) is 0 Å². The third-order valence-corrected chi connectivity index (χ3v) is 3.83. The molecule has 4 heteroatoms. The van der Waals surface area contributed by atoms with E-state index in [1.807, 2.05) is 16.8 Å². The highest BCUT2D eigenvalue weighted by molar-refractivity contribution is 5.44. The Labute approximate surface area is 107 Å². The van der Waals surface area contributed by atoms with E-state index in [2.05, 4.69) is 35.3 Å². The van der Waals surface area contributed by atoms with Crippen LogP contribution in [0.1, 0.15) is 31.7 Å². The Bertz CT molecular complexity index is 546. The smallest absolute Gasteiger partial charge is 0.243 e. The zero-order valence-corrected chi connectivity index (χ0v) is 11.1. The molecule has 0 aliphatic heterocycles. The second-order valence-corrected chi connectivity index (χ2v) is 5.61. The Morgan fingerprint density at radius 1 is 1.39 bits per heavy atom. The molecule has 0 aromatic carbocycles. The molecule has 0 amide bonds. The third kappa shape index (κ3) is 2.33. The van der Waals surface area contributed by atoms with Crippen LogP contribution in [0, 0.1) is 18.8 Å². The molecule has 96 valence electrons. The van der Waals surface area contributed by atoms with Crippen molar-refractivity contribution in [2.45, 2.75) is 33.1 Å². The Kier molecular flexibility index (Phi) is 2.94. The van der Waals surface area contributed by atoms with E-state index in [-0.39, 0.29) is 0 Å². The Morgan fingerprint density at radius 3 is 3.06 bits per heavy atom. The molecule has 1 saturated carbocycles. The lowest BCUT2D eigenvalue weighted by molar-refractivity contribution is 0.536.